The van der Waals surface area contributed by atoms with Crippen LogP contribution in [0.4, 0.5) is 4.39 Å². The number of carbonyl (C=O) groups is 2. The summed E-state index contributed by atoms with van der Waals surface area (Å²) in [5, 5.41) is 0. The molecule has 2 nitrogen and oxygen atoms in total. The molecule has 0 aromatic heterocycles. The molecule has 0 aliphatic heterocycles. The molecule has 2 atom stereocenters. The van der Waals surface area contributed by atoms with E-state index in [-0.39, 0.29) is 17.4 Å². The molecule has 0 N–H and O–H groups in total. The minimum absolute atomic E-state index is 0.0375. The van der Waals surface area contributed by atoms with Crippen molar-refractivity contribution in [2.45, 2.75) is 44.9 Å². The molecular weight excluding hydrogens is 255 g/mol. The zero-order valence-corrected chi connectivity index (χ0v) is 11.7. The van der Waals surface area contributed by atoms with E-state index in [2.05, 4.69) is 0 Å². The molecule has 1 aromatic carbocycles. The van der Waals surface area contributed by atoms with E-state index in [0.29, 0.717) is 18.4 Å². The molecule has 2 aliphatic rings. The van der Waals surface area contributed by atoms with Gasteiger partial charge in [-0.1, -0.05) is 44.4 Å². The standard InChI is InChI=1S/C17H19FO2/c1-11-14(12-7-3-4-8-13(12)18)16(20)17(15(11)19)9-5-2-6-10-17/h3-4,7-8,11,14H,2,5-6,9-10H2,1H3/t11-,14+/m0/s1. The van der Waals surface area contributed by atoms with Crippen LogP contribution in [0.25, 0.3) is 0 Å². The highest BCUT2D eigenvalue weighted by Gasteiger charge is 2.58. The molecule has 0 saturated heterocycles. The second-order valence-electron chi connectivity index (χ2n) is 6.16. The smallest absolute Gasteiger partial charge is 0.154 e. The van der Waals surface area contributed by atoms with Gasteiger partial charge in [-0.2, -0.15) is 0 Å². The molecule has 106 valence electrons. The van der Waals surface area contributed by atoms with Crippen LogP contribution < -0.4 is 0 Å². The summed E-state index contributed by atoms with van der Waals surface area (Å²) >= 11 is 0. The van der Waals surface area contributed by atoms with Gasteiger partial charge >= 0.3 is 0 Å². The molecule has 0 amide bonds. The second kappa shape index (κ2) is 4.80. The number of Topliss-reactive ketones (excluding diaryl/α,β-unsaturated/α-hetero) is 2. The van der Waals surface area contributed by atoms with Crippen molar-refractivity contribution >= 4 is 11.6 Å². The lowest BCUT2D eigenvalue weighted by atomic mass is 9.70. The second-order valence-corrected chi connectivity index (χ2v) is 6.16. The van der Waals surface area contributed by atoms with E-state index in [0.717, 1.165) is 19.3 Å². The van der Waals surface area contributed by atoms with Crippen molar-refractivity contribution < 1.29 is 14.0 Å². The first-order chi connectivity index (χ1) is 9.58. The molecular formula is C17H19FO2. The number of hydrogen-bond acceptors (Lipinski definition) is 2. The van der Waals surface area contributed by atoms with Crippen LogP contribution >= 0.6 is 0 Å². The molecule has 3 rings (SSSR count). The topological polar surface area (TPSA) is 34.1 Å². The van der Waals surface area contributed by atoms with Gasteiger partial charge < -0.3 is 0 Å². The van der Waals surface area contributed by atoms with E-state index in [4.69, 9.17) is 0 Å². The molecule has 1 aromatic rings. The van der Waals surface area contributed by atoms with Crippen LogP contribution in [-0.4, -0.2) is 11.6 Å². The van der Waals surface area contributed by atoms with Crippen LogP contribution in [-0.2, 0) is 9.59 Å². The van der Waals surface area contributed by atoms with Gasteiger partial charge in [0.2, 0.25) is 0 Å². The van der Waals surface area contributed by atoms with Gasteiger partial charge in [-0.15, -0.1) is 0 Å². The van der Waals surface area contributed by atoms with Crippen molar-refractivity contribution in [1.29, 1.82) is 0 Å². The minimum Gasteiger partial charge on any atom is -0.298 e. The predicted molar refractivity (Wildman–Crippen MR) is 73.8 cm³/mol. The van der Waals surface area contributed by atoms with Crippen LogP contribution in [0.3, 0.4) is 0 Å². The van der Waals surface area contributed by atoms with Gasteiger partial charge in [0.1, 0.15) is 11.6 Å². The Bertz CT molecular complexity index is 558. The number of carbonyl (C=O) groups excluding carboxylic acids is 2. The molecule has 0 radical (unpaired) electrons. The van der Waals surface area contributed by atoms with Crippen molar-refractivity contribution in [2.24, 2.45) is 11.3 Å². The summed E-state index contributed by atoms with van der Waals surface area (Å²) in [6.45, 7) is 1.78. The third-order valence-corrected chi connectivity index (χ3v) is 5.09. The number of ketones is 2. The lowest BCUT2D eigenvalue weighted by Gasteiger charge is -2.30. The fourth-order valence-electron chi connectivity index (χ4n) is 4.02. The highest BCUT2D eigenvalue weighted by atomic mass is 19.1. The van der Waals surface area contributed by atoms with Crippen molar-refractivity contribution in [3.8, 4) is 0 Å². The van der Waals surface area contributed by atoms with Gasteiger partial charge in [-0.3, -0.25) is 9.59 Å². The lowest BCUT2D eigenvalue weighted by molar-refractivity contribution is -0.138. The van der Waals surface area contributed by atoms with Crippen LogP contribution in [0.2, 0.25) is 0 Å². The molecule has 0 heterocycles. The predicted octanol–water partition coefficient (Wildman–Crippen LogP) is 3.65. The highest BCUT2D eigenvalue weighted by molar-refractivity contribution is 6.17. The van der Waals surface area contributed by atoms with Gasteiger partial charge in [0.05, 0.1) is 11.3 Å². The monoisotopic (exact) mass is 274 g/mol. The number of benzene rings is 1. The zero-order valence-electron chi connectivity index (χ0n) is 11.7. The Morgan fingerprint density at radius 3 is 2.35 bits per heavy atom. The van der Waals surface area contributed by atoms with Crippen LogP contribution in [0.15, 0.2) is 24.3 Å². The average Bonchev–Trinajstić information content (AvgIpc) is 2.64. The Morgan fingerprint density at radius 2 is 1.70 bits per heavy atom. The summed E-state index contributed by atoms with van der Waals surface area (Å²) in [4.78, 5) is 25.5. The molecule has 3 heteroatoms. The van der Waals surface area contributed by atoms with Crippen LogP contribution in [0.1, 0.15) is 50.5 Å². The van der Waals surface area contributed by atoms with Gasteiger partial charge in [0.15, 0.2) is 5.78 Å². The van der Waals surface area contributed by atoms with E-state index in [1.54, 1.807) is 25.1 Å². The summed E-state index contributed by atoms with van der Waals surface area (Å²) in [6, 6.07) is 6.35. The van der Waals surface area contributed by atoms with Crippen molar-refractivity contribution in [2.75, 3.05) is 0 Å². The fourth-order valence-corrected chi connectivity index (χ4v) is 4.02. The molecule has 0 bridgehead atoms. The maximum absolute atomic E-state index is 14.0. The Hall–Kier alpha value is -1.51. The van der Waals surface area contributed by atoms with Crippen molar-refractivity contribution in [1.82, 2.24) is 0 Å². The van der Waals surface area contributed by atoms with Crippen LogP contribution in [0.5, 0.6) is 0 Å². The van der Waals surface area contributed by atoms with E-state index in [1.807, 2.05) is 0 Å². The first kappa shape index (κ1) is 13.5. The lowest BCUT2D eigenvalue weighted by Crippen LogP contribution is -2.36. The van der Waals surface area contributed by atoms with Crippen LogP contribution in [0, 0.1) is 17.2 Å². The Morgan fingerprint density at radius 1 is 1.05 bits per heavy atom. The first-order valence-electron chi connectivity index (χ1n) is 7.41. The van der Waals surface area contributed by atoms with E-state index < -0.39 is 17.3 Å². The quantitative estimate of drug-likeness (QED) is 0.733. The van der Waals surface area contributed by atoms with E-state index in [9.17, 15) is 14.0 Å². The average molecular weight is 274 g/mol. The first-order valence-corrected chi connectivity index (χ1v) is 7.41. The molecule has 2 fully saturated rings. The molecule has 1 spiro atoms. The third kappa shape index (κ3) is 1.75. The molecule has 0 unspecified atom stereocenters. The maximum atomic E-state index is 14.0. The van der Waals surface area contributed by atoms with E-state index in [1.165, 1.54) is 6.07 Å². The van der Waals surface area contributed by atoms with Gasteiger partial charge in [-0.25, -0.2) is 4.39 Å². The summed E-state index contributed by atoms with van der Waals surface area (Å²) in [5.41, 5.74) is -0.425. The SMILES string of the molecule is C[C@@H]1C(=O)C2(CCCCC2)C(=O)[C@H]1c1ccccc1F. The minimum atomic E-state index is -0.815. The third-order valence-electron chi connectivity index (χ3n) is 5.09. The molecule has 2 aliphatic carbocycles. The zero-order chi connectivity index (χ0) is 14.3. The highest BCUT2D eigenvalue weighted by Crippen LogP contribution is 2.52. The molecule has 20 heavy (non-hydrogen) atoms. The Labute approximate surface area is 118 Å². The van der Waals surface area contributed by atoms with Gasteiger partial charge in [-0.05, 0) is 24.5 Å². The fraction of sp³-hybridized carbons (Fsp3) is 0.529. The Balaban J connectivity index is 2.04. The van der Waals surface area contributed by atoms with E-state index >= 15 is 0 Å². The van der Waals surface area contributed by atoms with Crippen molar-refractivity contribution in [3.05, 3.63) is 35.6 Å². The van der Waals surface area contributed by atoms with Gasteiger partial charge in [0.25, 0.3) is 0 Å². The summed E-state index contributed by atoms with van der Waals surface area (Å²) in [5.74, 6) is -1.38. The molecule has 2 saturated carbocycles. The summed E-state index contributed by atoms with van der Waals surface area (Å²) < 4.78 is 14.0. The number of halogens is 1. The number of rotatable bonds is 1. The largest absolute Gasteiger partial charge is 0.298 e. The van der Waals surface area contributed by atoms with Crippen molar-refractivity contribution in [3.63, 3.8) is 0 Å². The number of hydrogen-bond donors (Lipinski definition) is 0. The summed E-state index contributed by atoms with van der Waals surface area (Å²) in [6.07, 6.45) is 4.24. The maximum Gasteiger partial charge on any atom is 0.154 e. The summed E-state index contributed by atoms with van der Waals surface area (Å²) in [7, 11) is 0. The van der Waals surface area contributed by atoms with Gasteiger partial charge in [0, 0.05) is 5.92 Å². The Kier molecular flexibility index (Phi) is 3.23. The normalized spacial score (nSPS) is 29.1.